The summed E-state index contributed by atoms with van der Waals surface area (Å²) < 4.78 is 0. The van der Waals surface area contributed by atoms with Crippen LogP contribution in [0.3, 0.4) is 0 Å². The van der Waals surface area contributed by atoms with Crippen molar-refractivity contribution in [2.24, 2.45) is 0 Å². The van der Waals surface area contributed by atoms with E-state index in [0.717, 1.165) is 4.88 Å². The van der Waals surface area contributed by atoms with E-state index in [-0.39, 0.29) is 6.61 Å². The molecular weight excluding hydrogens is 122 g/mol. The molecule has 1 radical (unpaired) electrons. The average molecular weight is 128 g/mol. The summed E-state index contributed by atoms with van der Waals surface area (Å²) in [4.78, 5) is 4.81. The number of aliphatic hydroxyl groups excluding tert-OH is 1. The van der Waals surface area contributed by atoms with E-state index < -0.39 is 0 Å². The Labute approximate surface area is 51.8 Å². The van der Waals surface area contributed by atoms with Crippen molar-refractivity contribution in [2.45, 2.75) is 6.42 Å². The molecule has 0 saturated carbocycles. The minimum absolute atomic E-state index is 0.204. The second-order valence-corrected chi connectivity index (χ2v) is 2.30. The van der Waals surface area contributed by atoms with E-state index in [1.54, 1.807) is 6.20 Å². The summed E-state index contributed by atoms with van der Waals surface area (Å²) >= 11 is 1.45. The lowest BCUT2D eigenvalue weighted by molar-refractivity contribution is 0.300. The Morgan fingerprint density at radius 1 is 1.88 bits per heavy atom. The van der Waals surface area contributed by atoms with E-state index in [0.29, 0.717) is 6.42 Å². The summed E-state index contributed by atoms with van der Waals surface area (Å²) in [6, 6.07) is 0. The summed E-state index contributed by atoms with van der Waals surface area (Å²) in [5.41, 5.74) is 2.70. The number of thiazole rings is 1. The van der Waals surface area contributed by atoms with Gasteiger partial charge in [-0.3, -0.25) is 0 Å². The molecule has 3 heteroatoms. The highest BCUT2D eigenvalue weighted by molar-refractivity contribution is 7.09. The zero-order valence-corrected chi connectivity index (χ0v) is 5.11. The van der Waals surface area contributed by atoms with Gasteiger partial charge in [-0.15, -0.1) is 11.3 Å². The molecule has 0 saturated heterocycles. The Hall–Kier alpha value is -0.410. The zero-order chi connectivity index (χ0) is 5.82. The zero-order valence-electron chi connectivity index (χ0n) is 4.29. The lowest BCUT2D eigenvalue weighted by Crippen LogP contribution is -1.84. The average Bonchev–Trinajstić information content (AvgIpc) is 2.19. The second kappa shape index (κ2) is 2.79. The van der Waals surface area contributed by atoms with Crippen LogP contribution in [0.4, 0.5) is 0 Å². The van der Waals surface area contributed by atoms with Crippen LogP contribution in [0.2, 0.25) is 0 Å². The molecule has 0 amide bonds. The third-order valence-corrected chi connectivity index (χ3v) is 1.56. The standard InChI is InChI=1S/C5H6NOS/c7-2-1-5-3-6-4-8-5/h3,7H,1-2H2. The summed E-state index contributed by atoms with van der Waals surface area (Å²) in [7, 11) is 0. The van der Waals surface area contributed by atoms with Crippen LogP contribution >= 0.6 is 11.3 Å². The molecule has 0 fully saturated rings. The van der Waals surface area contributed by atoms with Crippen LogP contribution in [-0.4, -0.2) is 16.7 Å². The van der Waals surface area contributed by atoms with Crippen LogP contribution in [-0.2, 0) is 6.42 Å². The fourth-order valence-electron chi connectivity index (χ4n) is 0.435. The topological polar surface area (TPSA) is 33.1 Å². The Kier molecular flexibility index (Phi) is 2.00. The maximum atomic E-state index is 8.40. The van der Waals surface area contributed by atoms with Gasteiger partial charge in [-0.05, 0) is 0 Å². The maximum Gasteiger partial charge on any atom is 0.152 e. The molecule has 1 heterocycles. The van der Waals surface area contributed by atoms with E-state index in [9.17, 15) is 0 Å². The minimum atomic E-state index is 0.204. The molecule has 0 bridgehead atoms. The van der Waals surface area contributed by atoms with Crippen molar-refractivity contribution >= 4 is 11.3 Å². The van der Waals surface area contributed by atoms with E-state index in [4.69, 9.17) is 5.11 Å². The fraction of sp³-hybridized carbons (Fsp3) is 0.400. The van der Waals surface area contributed by atoms with Crippen molar-refractivity contribution in [1.82, 2.24) is 4.98 Å². The molecule has 0 atom stereocenters. The monoisotopic (exact) mass is 128 g/mol. The van der Waals surface area contributed by atoms with Crippen molar-refractivity contribution in [3.63, 3.8) is 0 Å². The predicted molar refractivity (Wildman–Crippen MR) is 31.7 cm³/mol. The summed E-state index contributed by atoms with van der Waals surface area (Å²) in [6.07, 6.45) is 2.43. The molecule has 0 spiro atoms. The molecule has 0 aliphatic carbocycles. The number of aromatic nitrogens is 1. The van der Waals surface area contributed by atoms with Gasteiger partial charge in [0, 0.05) is 24.1 Å². The first kappa shape index (κ1) is 5.72. The van der Waals surface area contributed by atoms with Crippen molar-refractivity contribution in [2.75, 3.05) is 6.61 Å². The van der Waals surface area contributed by atoms with Crippen molar-refractivity contribution in [3.8, 4) is 0 Å². The van der Waals surface area contributed by atoms with Crippen molar-refractivity contribution in [3.05, 3.63) is 16.6 Å². The van der Waals surface area contributed by atoms with Gasteiger partial charge in [0.25, 0.3) is 0 Å². The molecule has 2 nitrogen and oxygen atoms in total. The van der Waals surface area contributed by atoms with E-state index in [1.807, 2.05) is 0 Å². The SMILES string of the molecule is OCCc1cn[c]s1. The Balaban J connectivity index is 2.50. The van der Waals surface area contributed by atoms with Gasteiger partial charge in [0.05, 0.1) is 0 Å². The van der Waals surface area contributed by atoms with Gasteiger partial charge in [-0.1, -0.05) is 0 Å². The Bertz CT molecular complexity index is 138. The molecule has 1 aromatic heterocycles. The molecule has 1 N–H and O–H groups in total. The van der Waals surface area contributed by atoms with Gasteiger partial charge in [-0.2, -0.15) is 0 Å². The van der Waals surface area contributed by atoms with Crippen LogP contribution in [0.5, 0.6) is 0 Å². The first-order valence-electron chi connectivity index (χ1n) is 2.35. The van der Waals surface area contributed by atoms with E-state index >= 15 is 0 Å². The third kappa shape index (κ3) is 1.28. The quantitative estimate of drug-likeness (QED) is 0.628. The lowest BCUT2D eigenvalue weighted by atomic mass is 10.4. The molecule has 8 heavy (non-hydrogen) atoms. The summed E-state index contributed by atoms with van der Waals surface area (Å²) in [6.45, 7) is 0.204. The molecule has 0 aliphatic heterocycles. The molecular formula is C5H6NOS. The molecule has 43 valence electrons. The smallest absolute Gasteiger partial charge is 0.152 e. The highest BCUT2D eigenvalue weighted by Crippen LogP contribution is 2.03. The number of hydrogen-bond donors (Lipinski definition) is 1. The Morgan fingerprint density at radius 2 is 2.75 bits per heavy atom. The highest BCUT2D eigenvalue weighted by Gasteiger charge is 1.89. The molecule has 1 aromatic rings. The van der Waals surface area contributed by atoms with Gasteiger partial charge in [0.1, 0.15) is 0 Å². The summed E-state index contributed by atoms with van der Waals surface area (Å²) in [5, 5.41) is 8.40. The van der Waals surface area contributed by atoms with Crippen LogP contribution in [0.15, 0.2) is 6.20 Å². The number of hydrogen-bond acceptors (Lipinski definition) is 3. The van der Waals surface area contributed by atoms with Crippen LogP contribution < -0.4 is 0 Å². The largest absolute Gasteiger partial charge is 0.396 e. The van der Waals surface area contributed by atoms with Gasteiger partial charge in [-0.25, -0.2) is 4.98 Å². The number of aliphatic hydroxyl groups is 1. The molecule has 0 unspecified atom stereocenters. The highest BCUT2D eigenvalue weighted by atomic mass is 32.1. The number of nitrogens with zero attached hydrogens (tertiary/aromatic N) is 1. The van der Waals surface area contributed by atoms with E-state index in [2.05, 4.69) is 10.5 Å². The van der Waals surface area contributed by atoms with Crippen LogP contribution in [0.25, 0.3) is 0 Å². The maximum absolute atomic E-state index is 8.40. The van der Waals surface area contributed by atoms with E-state index in [1.165, 1.54) is 11.3 Å². The van der Waals surface area contributed by atoms with Gasteiger partial charge in [0.15, 0.2) is 5.51 Å². The van der Waals surface area contributed by atoms with Crippen molar-refractivity contribution < 1.29 is 5.11 Å². The Morgan fingerprint density at radius 3 is 3.25 bits per heavy atom. The van der Waals surface area contributed by atoms with Gasteiger partial charge >= 0.3 is 0 Å². The molecule has 0 aromatic carbocycles. The van der Waals surface area contributed by atoms with Crippen molar-refractivity contribution in [1.29, 1.82) is 0 Å². The summed E-state index contributed by atoms with van der Waals surface area (Å²) in [5.74, 6) is 0. The molecule has 0 aliphatic rings. The van der Waals surface area contributed by atoms with Gasteiger partial charge in [0.2, 0.25) is 0 Å². The number of rotatable bonds is 2. The van der Waals surface area contributed by atoms with Crippen LogP contribution in [0.1, 0.15) is 4.88 Å². The van der Waals surface area contributed by atoms with Crippen LogP contribution in [0, 0.1) is 5.51 Å². The predicted octanol–water partition coefficient (Wildman–Crippen LogP) is 0.478. The minimum Gasteiger partial charge on any atom is -0.396 e. The first-order valence-corrected chi connectivity index (χ1v) is 3.17. The normalized spacial score (nSPS) is 9.62. The third-order valence-electron chi connectivity index (χ3n) is 0.796. The fourth-order valence-corrected chi connectivity index (χ4v) is 0.957. The van der Waals surface area contributed by atoms with Gasteiger partial charge < -0.3 is 5.11 Å². The first-order chi connectivity index (χ1) is 3.93. The molecule has 1 rings (SSSR count). The lowest BCUT2D eigenvalue weighted by Gasteiger charge is -1.84. The second-order valence-electron chi connectivity index (χ2n) is 1.39.